The van der Waals surface area contributed by atoms with Gasteiger partial charge in [-0.1, -0.05) is 59.9 Å². The second-order valence-electron chi connectivity index (χ2n) is 4.59. The molecule has 0 aliphatic rings. The molecule has 1 atom stereocenters. The molecule has 0 spiro atoms. The number of rotatable bonds is 5. The summed E-state index contributed by atoms with van der Waals surface area (Å²) >= 11 is 18.3. The minimum absolute atomic E-state index is 0.250. The quantitative estimate of drug-likeness (QED) is 0.722. The van der Waals surface area contributed by atoms with E-state index in [1.54, 1.807) is 0 Å². The third-order valence-electron chi connectivity index (χ3n) is 3.27. The molecule has 106 valence electrons. The molecule has 20 heavy (non-hydrogen) atoms. The fraction of sp³-hybridized carbons (Fsp3) is 0.250. The highest BCUT2D eigenvalue weighted by Gasteiger charge is 2.11. The molecule has 2 aromatic carbocycles. The van der Waals surface area contributed by atoms with Crippen LogP contribution >= 0.6 is 34.8 Å². The third-order valence-corrected chi connectivity index (χ3v) is 4.23. The standard InChI is InChI=1S/C16H16Cl3N/c1-2-16(11-6-8-12(17)9-7-11)20-10-13-14(18)4-3-5-15(13)19/h3-9,16,20H,2,10H2,1H3. The van der Waals surface area contributed by atoms with E-state index in [0.29, 0.717) is 16.6 Å². The molecule has 4 heteroatoms. The lowest BCUT2D eigenvalue weighted by atomic mass is 10.0. The lowest BCUT2D eigenvalue weighted by Gasteiger charge is -2.18. The van der Waals surface area contributed by atoms with Crippen LogP contribution in [0.4, 0.5) is 0 Å². The van der Waals surface area contributed by atoms with Gasteiger partial charge in [-0.25, -0.2) is 0 Å². The molecule has 0 radical (unpaired) electrons. The molecule has 1 nitrogen and oxygen atoms in total. The monoisotopic (exact) mass is 327 g/mol. The molecule has 2 rings (SSSR count). The highest BCUT2D eigenvalue weighted by molar-refractivity contribution is 6.36. The molecule has 0 saturated heterocycles. The molecule has 0 amide bonds. The Morgan fingerprint density at radius 1 is 0.950 bits per heavy atom. The molecule has 0 aromatic heterocycles. The fourth-order valence-corrected chi connectivity index (χ4v) is 2.78. The first-order chi connectivity index (χ1) is 9.61. The van der Waals surface area contributed by atoms with Gasteiger partial charge < -0.3 is 5.32 Å². The van der Waals surface area contributed by atoms with Crippen molar-refractivity contribution in [1.82, 2.24) is 5.32 Å². The fourth-order valence-electron chi connectivity index (χ4n) is 2.12. The number of nitrogens with one attached hydrogen (secondary N) is 1. The van der Waals surface area contributed by atoms with E-state index >= 15 is 0 Å². The van der Waals surface area contributed by atoms with Crippen LogP contribution in [-0.2, 0) is 6.54 Å². The predicted octanol–water partition coefficient (Wildman–Crippen LogP) is 5.89. The van der Waals surface area contributed by atoms with Gasteiger partial charge in [0.2, 0.25) is 0 Å². The zero-order valence-corrected chi connectivity index (χ0v) is 13.4. The molecular weight excluding hydrogens is 313 g/mol. The van der Waals surface area contributed by atoms with E-state index < -0.39 is 0 Å². The smallest absolute Gasteiger partial charge is 0.0465 e. The van der Waals surface area contributed by atoms with E-state index in [4.69, 9.17) is 34.8 Å². The first-order valence-corrected chi connectivity index (χ1v) is 7.67. The van der Waals surface area contributed by atoms with Crippen LogP contribution in [0.1, 0.15) is 30.5 Å². The Kier molecular flexibility index (Phi) is 5.74. The number of halogens is 3. The van der Waals surface area contributed by atoms with Crippen molar-refractivity contribution in [3.8, 4) is 0 Å². The van der Waals surface area contributed by atoms with Gasteiger partial charge in [0.25, 0.3) is 0 Å². The number of hydrogen-bond donors (Lipinski definition) is 1. The van der Waals surface area contributed by atoms with Crippen molar-refractivity contribution in [2.45, 2.75) is 25.9 Å². The first-order valence-electron chi connectivity index (χ1n) is 6.53. The molecule has 0 aliphatic carbocycles. The molecule has 2 aromatic rings. The van der Waals surface area contributed by atoms with Gasteiger partial charge in [-0.2, -0.15) is 0 Å². The maximum absolute atomic E-state index is 6.18. The molecular formula is C16H16Cl3N. The molecule has 0 bridgehead atoms. The Labute approximate surface area is 134 Å². The second kappa shape index (κ2) is 7.33. The molecule has 0 saturated carbocycles. The van der Waals surface area contributed by atoms with Gasteiger partial charge in [0, 0.05) is 33.2 Å². The Morgan fingerprint density at radius 2 is 1.55 bits per heavy atom. The zero-order chi connectivity index (χ0) is 14.5. The van der Waals surface area contributed by atoms with E-state index in [2.05, 4.69) is 12.2 Å². The van der Waals surface area contributed by atoms with Gasteiger partial charge in [0.15, 0.2) is 0 Å². The molecule has 1 N–H and O–H groups in total. The second-order valence-corrected chi connectivity index (χ2v) is 5.84. The minimum atomic E-state index is 0.250. The van der Waals surface area contributed by atoms with Gasteiger partial charge in [-0.3, -0.25) is 0 Å². The van der Waals surface area contributed by atoms with Crippen molar-refractivity contribution < 1.29 is 0 Å². The summed E-state index contributed by atoms with van der Waals surface area (Å²) in [6.45, 7) is 2.78. The van der Waals surface area contributed by atoms with E-state index in [9.17, 15) is 0 Å². The van der Waals surface area contributed by atoms with Crippen LogP contribution in [0, 0.1) is 0 Å². The zero-order valence-electron chi connectivity index (χ0n) is 11.2. The molecule has 0 fully saturated rings. The first kappa shape index (κ1) is 15.7. The Morgan fingerprint density at radius 3 is 2.10 bits per heavy atom. The summed E-state index contributed by atoms with van der Waals surface area (Å²) in [5.74, 6) is 0. The summed E-state index contributed by atoms with van der Waals surface area (Å²) in [5.41, 5.74) is 2.14. The number of hydrogen-bond acceptors (Lipinski definition) is 1. The lowest BCUT2D eigenvalue weighted by molar-refractivity contribution is 0.519. The van der Waals surface area contributed by atoms with Crippen molar-refractivity contribution >= 4 is 34.8 Å². The largest absolute Gasteiger partial charge is 0.306 e. The average Bonchev–Trinajstić information content (AvgIpc) is 2.44. The van der Waals surface area contributed by atoms with Gasteiger partial charge >= 0.3 is 0 Å². The normalized spacial score (nSPS) is 12.4. The summed E-state index contributed by atoms with van der Waals surface area (Å²) in [7, 11) is 0. The average molecular weight is 329 g/mol. The maximum Gasteiger partial charge on any atom is 0.0465 e. The summed E-state index contributed by atoms with van der Waals surface area (Å²) in [6.07, 6.45) is 0.976. The van der Waals surface area contributed by atoms with Crippen LogP contribution in [0.5, 0.6) is 0 Å². The van der Waals surface area contributed by atoms with Crippen LogP contribution in [0.25, 0.3) is 0 Å². The summed E-state index contributed by atoms with van der Waals surface area (Å²) in [6, 6.07) is 13.7. The number of benzene rings is 2. The predicted molar refractivity (Wildman–Crippen MR) is 87.8 cm³/mol. The van der Waals surface area contributed by atoms with Gasteiger partial charge in [-0.15, -0.1) is 0 Å². The summed E-state index contributed by atoms with van der Waals surface area (Å²) < 4.78 is 0. The van der Waals surface area contributed by atoms with Crippen LogP contribution in [0.15, 0.2) is 42.5 Å². The van der Waals surface area contributed by atoms with Gasteiger partial charge in [-0.05, 0) is 36.2 Å². The van der Waals surface area contributed by atoms with Crippen molar-refractivity contribution in [2.75, 3.05) is 0 Å². The van der Waals surface area contributed by atoms with Crippen molar-refractivity contribution in [3.63, 3.8) is 0 Å². The Bertz CT molecular complexity index is 546. The highest BCUT2D eigenvalue weighted by atomic mass is 35.5. The van der Waals surface area contributed by atoms with Gasteiger partial charge in [0.1, 0.15) is 0 Å². The third kappa shape index (κ3) is 3.89. The minimum Gasteiger partial charge on any atom is -0.306 e. The van der Waals surface area contributed by atoms with Crippen LogP contribution in [0.2, 0.25) is 15.1 Å². The Hall–Kier alpha value is -0.730. The Balaban J connectivity index is 2.09. The van der Waals surface area contributed by atoms with E-state index in [0.717, 1.165) is 17.0 Å². The van der Waals surface area contributed by atoms with Crippen LogP contribution < -0.4 is 5.32 Å². The van der Waals surface area contributed by atoms with Crippen molar-refractivity contribution in [3.05, 3.63) is 68.7 Å². The van der Waals surface area contributed by atoms with E-state index in [1.807, 2.05) is 42.5 Å². The van der Waals surface area contributed by atoms with Crippen molar-refractivity contribution in [1.29, 1.82) is 0 Å². The molecule has 1 unspecified atom stereocenters. The SMILES string of the molecule is CCC(NCc1c(Cl)cccc1Cl)c1ccc(Cl)cc1. The van der Waals surface area contributed by atoms with Crippen molar-refractivity contribution in [2.24, 2.45) is 0 Å². The van der Waals surface area contributed by atoms with E-state index in [1.165, 1.54) is 5.56 Å². The summed E-state index contributed by atoms with van der Waals surface area (Å²) in [5, 5.41) is 5.62. The topological polar surface area (TPSA) is 12.0 Å². The van der Waals surface area contributed by atoms with E-state index in [-0.39, 0.29) is 6.04 Å². The molecule has 0 aliphatic heterocycles. The molecule has 0 heterocycles. The highest BCUT2D eigenvalue weighted by Crippen LogP contribution is 2.26. The lowest BCUT2D eigenvalue weighted by Crippen LogP contribution is -2.20. The van der Waals surface area contributed by atoms with Crippen LogP contribution in [-0.4, -0.2) is 0 Å². The maximum atomic E-state index is 6.18. The summed E-state index contributed by atoms with van der Waals surface area (Å²) in [4.78, 5) is 0. The van der Waals surface area contributed by atoms with Crippen LogP contribution in [0.3, 0.4) is 0 Å². The van der Waals surface area contributed by atoms with Gasteiger partial charge in [0.05, 0.1) is 0 Å².